The van der Waals surface area contributed by atoms with Crippen LogP contribution < -0.4 is 4.90 Å². The van der Waals surface area contributed by atoms with Gasteiger partial charge in [-0.15, -0.1) is 0 Å². The summed E-state index contributed by atoms with van der Waals surface area (Å²) in [6.07, 6.45) is 6.09. The fourth-order valence-electron chi connectivity index (χ4n) is 4.93. The molecule has 0 bridgehead atoms. The quantitative estimate of drug-likeness (QED) is 0.733. The largest absolute Gasteiger partial charge is 0.342 e. The Bertz CT molecular complexity index is 916. The first-order chi connectivity index (χ1) is 14.4. The van der Waals surface area contributed by atoms with E-state index in [-0.39, 0.29) is 22.6 Å². The van der Waals surface area contributed by atoms with Crippen molar-refractivity contribution in [2.24, 2.45) is 5.92 Å². The minimum absolute atomic E-state index is 0.0213. The van der Waals surface area contributed by atoms with Gasteiger partial charge in [0.25, 0.3) is 0 Å². The van der Waals surface area contributed by atoms with Crippen molar-refractivity contribution in [3.8, 4) is 0 Å². The number of likely N-dealkylation sites (tertiary alicyclic amines) is 1. The Balaban J connectivity index is 1.45. The molecule has 3 aliphatic rings. The summed E-state index contributed by atoms with van der Waals surface area (Å²) in [5.41, 5.74) is 1.73. The molecule has 0 N–H and O–H groups in total. The van der Waals surface area contributed by atoms with E-state index >= 15 is 0 Å². The highest BCUT2D eigenvalue weighted by molar-refractivity contribution is 7.89. The van der Waals surface area contributed by atoms with Crippen LogP contribution in [0.25, 0.3) is 0 Å². The van der Waals surface area contributed by atoms with Crippen molar-refractivity contribution in [3.63, 3.8) is 0 Å². The number of carbonyl (C=O) groups excluding carboxylic acids is 2. The van der Waals surface area contributed by atoms with E-state index < -0.39 is 10.0 Å². The number of aryl methyl sites for hydroxylation is 1. The van der Waals surface area contributed by atoms with E-state index in [1.165, 1.54) is 17.6 Å². The Morgan fingerprint density at radius 1 is 0.933 bits per heavy atom. The van der Waals surface area contributed by atoms with Crippen LogP contribution in [0.4, 0.5) is 5.69 Å². The molecule has 3 heterocycles. The van der Waals surface area contributed by atoms with Crippen molar-refractivity contribution in [1.82, 2.24) is 9.21 Å². The molecule has 0 radical (unpaired) electrons. The number of amides is 2. The van der Waals surface area contributed by atoms with Crippen LogP contribution in [0.2, 0.25) is 0 Å². The lowest BCUT2D eigenvalue weighted by atomic mass is 9.95. The third-order valence-electron chi connectivity index (χ3n) is 6.66. The number of nitrogens with zero attached hydrogens (tertiary/aromatic N) is 3. The molecule has 3 aliphatic heterocycles. The Morgan fingerprint density at radius 3 is 2.30 bits per heavy atom. The number of anilines is 1. The van der Waals surface area contributed by atoms with E-state index in [0.29, 0.717) is 32.5 Å². The molecule has 4 rings (SSSR count). The summed E-state index contributed by atoms with van der Waals surface area (Å²) in [5, 5.41) is 0. The van der Waals surface area contributed by atoms with E-state index in [2.05, 4.69) is 0 Å². The van der Waals surface area contributed by atoms with Gasteiger partial charge in [-0.05, 0) is 68.7 Å². The standard InChI is InChI=1S/C22H31N3O4S/c1-17(26)25-13-5-6-19-16-20(7-8-21(19)25)30(28,29)24-14-9-18(10-15-24)22(27)23-11-3-2-4-12-23/h7-8,16,18H,2-6,9-15H2,1H3. The van der Waals surface area contributed by atoms with Crippen molar-refractivity contribution in [2.75, 3.05) is 37.6 Å². The lowest BCUT2D eigenvalue weighted by Gasteiger charge is -2.35. The summed E-state index contributed by atoms with van der Waals surface area (Å²) in [5.74, 6) is 0.110. The van der Waals surface area contributed by atoms with E-state index in [0.717, 1.165) is 50.0 Å². The van der Waals surface area contributed by atoms with Crippen LogP contribution in [0.15, 0.2) is 23.1 Å². The van der Waals surface area contributed by atoms with E-state index in [4.69, 9.17) is 0 Å². The van der Waals surface area contributed by atoms with Crippen LogP contribution in [0.1, 0.15) is 51.0 Å². The summed E-state index contributed by atoms with van der Waals surface area (Å²) in [6, 6.07) is 5.10. The third-order valence-corrected chi connectivity index (χ3v) is 8.55. The second-order valence-electron chi connectivity index (χ2n) is 8.63. The van der Waals surface area contributed by atoms with Crippen molar-refractivity contribution >= 4 is 27.5 Å². The number of carbonyl (C=O) groups is 2. The number of rotatable bonds is 3. The first kappa shape index (κ1) is 21.3. The molecule has 0 saturated carbocycles. The molecule has 0 aromatic heterocycles. The molecule has 1 aromatic rings. The average Bonchev–Trinajstić information content (AvgIpc) is 2.78. The number of hydrogen-bond donors (Lipinski definition) is 0. The molecular weight excluding hydrogens is 402 g/mol. The zero-order chi connectivity index (χ0) is 21.3. The highest BCUT2D eigenvalue weighted by Gasteiger charge is 2.34. The van der Waals surface area contributed by atoms with Gasteiger partial charge < -0.3 is 9.80 Å². The summed E-state index contributed by atoms with van der Waals surface area (Å²) < 4.78 is 27.9. The van der Waals surface area contributed by atoms with Gasteiger partial charge in [0, 0.05) is 51.3 Å². The van der Waals surface area contributed by atoms with E-state index in [1.807, 2.05) is 4.90 Å². The van der Waals surface area contributed by atoms with Crippen LogP contribution in [0.5, 0.6) is 0 Å². The smallest absolute Gasteiger partial charge is 0.243 e. The van der Waals surface area contributed by atoms with Crippen LogP contribution in [0, 0.1) is 5.92 Å². The van der Waals surface area contributed by atoms with Crippen molar-refractivity contribution in [1.29, 1.82) is 0 Å². The monoisotopic (exact) mass is 433 g/mol. The summed E-state index contributed by atoms with van der Waals surface area (Å²) in [7, 11) is -3.60. The molecule has 0 spiro atoms. The maximum atomic E-state index is 13.2. The van der Waals surface area contributed by atoms with E-state index in [1.54, 1.807) is 23.1 Å². The molecule has 1 aromatic carbocycles. The van der Waals surface area contributed by atoms with Gasteiger partial charge in [-0.2, -0.15) is 4.31 Å². The first-order valence-corrected chi connectivity index (χ1v) is 12.5. The van der Waals surface area contributed by atoms with Crippen molar-refractivity contribution in [2.45, 2.75) is 56.8 Å². The lowest BCUT2D eigenvalue weighted by Crippen LogP contribution is -2.45. The van der Waals surface area contributed by atoms with Gasteiger partial charge in [-0.3, -0.25) is 9.59 Å². The topological polar surface area (TPSA) is 78.0 Å². The fourth-order valence-corrected chi connectivity index (χ4v) is 6.45. The van der Waals surface area contributed by atoms with Crippen molar-refractivity contribution in [3.05, 3.63) is 23.8 Å². The Kier molecular flexibility index (Phi) is 6.16. The maximum Gasteiger partial charge on any atom is 0.243 e. The molecule has 7 nitrogen and oxygen atoms in total. The Morgan fingerprint density at radius 2 is 1.63 bits per heavy atom. The second-order valence-corrected chi connectivity index (χ2v) is 10.6. The lowest BCUT2D eigenvalue weighted by molar-refractivity contribution is -0.137. The van der Waals surface area contributed by atoms with Gasteiger partial charge >= 0.3 is 0 Å². The molecule has 164 valence electrons. The van der Waals surface area contributed by atoms with Gasteiger partial charge in [-0.25, -0.2) is 8.42 Å². The predicted octanol–water partition coefficient (Wildman–Crippen LogP) is 2.40. The third kappa shape index (κ3) is 4.12. The van der Waals surface area contributed by atoms with Crippen LogP contribution in [0.3, 0.4) is 0 Å². The highest BCUT2D eigenvalue weighted by atomic mass is 32.2. The second kappa shape index (κ2) is 8.67. The number of sulfonamides is 1. The summed E-state index contributed by atoms with van der Waals surface area (Å²) in [4.78, 5) is 28.6. The van der Waals surface area contributed by atoms with Crippen LogP contribution >= 0.6 is 0 Å². The SMILES string of the molecule is CC(=O)N1CCCc2cc(S(=O)(=O)N3CCC(C(=O)N4CCCCC4)CC3)ccc21. The van der Waals surface area contributed by atoms with Crippen LogP contribution in [-0.4, -0.2) is 62.2 Å². The molecular formula is C22H31N3O4S. The van der Waals surface area contributed by atoms with Crippen molar-refractivity contribution < 1.29 is 18.0 Å². The zero-order valence-electron chi connectivity index (χ0n) is 17.7. The molecule has 0 aliphatic carbocycles. The van der Waals surface area contributed by atoms with Crippen LogP contribution in [-0.2, 0) is 26.0 Å². The number of piperidine rings is 2. The Labute approximate surface area is 179 Å². The molecule has 0 atom stereocenters. The van der Waals surface area contributed by atoms with Gasteiger partial charge in [0.1, 0.15) is 0 Å². The molecule has 30 heavy (non-hydrogen) atoms. The van der Waals surface area contributed by atoms with Gasteiger partial charge in [-0.1, -0.05) is 0 Å². The molecule has 0 unspecified atom stereocenters. The maximum absolute atomic E-state index is 13.2. The fraction of sp³-hybridized carbons (Fsp3) is 0.636. The van der Waals surface area contributed by atoms with Gasteiger partial charge in [0.2, 0.25) is 21.8 Å². The summed E-state index contributed by atoms with van der Waals surface area (Å²) in [6.45, 7) is 4.64. The molecule has 8 heteroatoms. The molecule has 2 amide bonds. The predicted molar refractivity (Wildman–Crippen MR) is 115 cm³/mol. The number of fused-ring (bicyclic) bond motifs is 1. The molecule has 2 fully saturated rings. The van der Waals surface area contributed by atoms with Gasteiger partial charge in [0.15, 0.2) is 0 Å². The summed E-state index contributed by atoms with van der Waals surface area (Å²) >= 11 is 0. The minimum Gasteiger partial charge on any atom is -0.342 e. The number of benzene rings is 1. The number of hydrogen-bond acceptors (Lipinski definition) is 4. The minimum atomic E-state index is -3.60. The zero-order valence-corrected chi connectivity index (χ0v) is 18.5. The molecule has 2 saturated heterocycles. The van der Waals surface area contributed by atoms with Gasteiger partial charge in [0.05, 0.1) is 4.90 Å². The Hall–Kier alpha value is -1.93. The highest BCUT2D eigenvalue weighted by Crippen LogP contribution is 2.32. The normalized spacial score (nSPS) is 21.4. The van der Waals surface area contributed by atoms with E-state index in [9.17, 15) is 18.0 Å². The first-order valence-electron chi connectivity index (χ1n) is 11.1. The average molecular weight is 434 g/mol.